The molecule has 6 rings (SSSR count). The summed E-state index contributed by atoms with van der Waals surface area (Å²) in [6.07, 6.45) is 2.48. The van der Waals surface area contributed by atoms with Crippen LogP contribution in [0.1, 0.15) is 68.7 Å². The van der Waals surface area contributed by atoms with Crippen LogP contribution in [0.4, 0.5) is 0 Å². The van der Waals surface area contributed by atoms with Crippen LogP contribution in [0, 0.1) is 0 Å². The Bertz CT molecular complexity index is 1540. The van der Waals surface area contributed by atoms with Crippen LogP contribution in [0.2, 0.25) is 0 Å². The van der Waals surface area contributed by atoms with Gasteiger partial charge in [-0.25, -0.2) is 0 Å². The van der Waals surface area contributed by atoms with E-state index in [2.05, 4.69) is 10.6 Å². The van der Waals surface area contributed by atoms with E-state index in [9.17, 15) is 29.4 Å². The summed E-state index contributed by atoms with van der Waals surface area (Å²) in [5, 5.41) is 29.3. The first-order chi connectivity index (χ1) is 21.3. The zero-order valence-corrected chi connectivity index (χ0v) is 27.8. The third-order valence-electron chi connectivity index (χ3n) is 8.31. The number of nitrogens with one attached hydrogen (secondary N) is 2. The first-order valence-corrected chi connectivity index (χ1v) is 14.6. The molecule has 8 nitrogen and oxygen atoms in total. The SMILES string of the molecule is O=C(c1ccccc1)c1cccc([C@@]2(C(=O)[O-])CCCN2)c1.O=C(c1ccccc1)c1cccc([C@@]2(C(=O)[O-])CCCN2)c1.[Zn+2]. The second-order valence-corrected chi connectivity index (χ2v) is 11.0. The van der Waals surface area contributed by atoms with Crippen molar-refractivity contribution in [1.82, 2.24) is 10.6 Å². The molecule has 0 aromatic heterocycles. The van der Waals surface area contributed by atoms with Crippen LogP contribution in [0.5, 0.6) is 0 Å². The van der Waals surface area contributed by atoms with Gasteiger partial charge in [-0.05, 0) is 62.0 Å². The van der Waals surface area contributed by atoms with E-state index in [4.69, 9.17) is 0 Å². The smallest absolute Gasteiger partial charge is 0.548 e. The fourth-order valence-corrected chi connectivity index (χ4v) is 5.93. The molecule has 2 aliphatic heterocycles. The van der Waals surface area contributed by atoms with Crippen LogP contribution in [0.3, 0.4) is 0 Å². The third-order valence-corrected chi connectivity index (χ3v) is 8.31. The molecule has 0 spiro atoms. The number of carboxylic acid groups (broad SMARTS) is 2. The molecule has 2 N–H and O–H groups in total. The van der Waals surface area contributed by atoms with E-state index in [0.29, 0.717) is 59.3 Å². The van der Waals surface area contributed by atoms with Gasteiger partial charge in [0, 0.05) is 22.3 Å². The van der Waals surface area contributed by atoms with Crippen molar-refractivity contribution in [3.8, 4) is 0 Å². The minimum Gasteiger partial charge on any atom is -0.548 e. The van der Waals surface area contributed by atoms with Crippen molar-refractivity contribution in [2.24, 2.45) is 0 Å². The fraction of sp³-hybridized carbons (Fsp3) is 0.222. The minimum atomic E-state index is -1.19. The number of hydrogen-bond donors (Lipinski definition) is 2. The zero-order valence-electron chi connectivity index (χ0n) is 24.8. The van der Waals surface area contributed by atoms with Gasteiger partial charge in [-0.3, -0.25) is 9.59 Å². The molecule has 4 aromatic carbocycles. The summed E-state index contributed by atoms with van der Waals surface area (Å²) in [4.78, 5) is 48.2. The van der Waals surface area contributed by atoms with Gasteiger partial charge in [0.15, 0.2) is 11.6 Å². The van der Waals surface area contributed by atoms with Crippen molar-refractivity contribution >= 4 is 23.5 Å². The van der Waals surface area contributed by atoms with Crippen molar-refractivity contribution < 1.29 is 48.9 Å². The molecular weight excluding hydrogens is 622 g/mol. The molecule has 9 heteroatoms. The molecule has 0 saturated carbocycles. The van der Waals surface area contributed by atoms with Crippen LogP contribution in [-0.4, -0.2) is 36.6 Å². The van der Waals surface area contributed by atoms with Gasteiger partial charge in [0.25, 0.3) is 0 Å². The molecule has 2 atom stereocenters. The van der Waals surface area contributed by atoms with Gasteiger partial charge in [-0.15, -0.1) is 0 Å². The molecule has 0 aliphatic carbocycles. The molecule has 224 valence electrons. The quantitative estimate of drug-likeness (QED) is 0.219. The van der Waals surface area contributed by atoms with Gasteiger partial charge in [0.05, 0.1) is 23.0 Å². The topological polar surface area (TPSA) is 138 Å². The van der Waals surface area contributed by atoms with Crippen LogP contribution in [0.15, 0.2) is 109 Å². The Kier molecular flexibility index (Phi) is 10.9. The van der Waals surface area contributed by atoms with Gasteiger partial charge in [0.1, 0.15) is 0 Å². The summed E-state index contributed by atoms with van der Waals surface area (Å²) in [7, 11) is 0. The molecule has 2 aliphatic rings. The van der Waals surface area contributed by atoms with E-state index in [0.717, 1.165) is 12.8 Å². The maximum atomic E-state index is 12.5. The van der Waals surface area contributed by atoms with E-state index in [-0.39, 0.29) is 31.0 Å². The Morgan fingerprint density at radius 1 is 0.511 bits per heavy atom. The van der Waals surface area contributed by atoms with Crippen molar-refractivity contribution in [3.05, 3.63) is 143 Å². The molecule has 4 aromatic rings. The number of carbonyl (C=O) groups is 4. The standard InChI is InChI=1S/2C18H17NO3.Zn/c2*20-16(13-6-2-1-3-7-13)14-8-4-9-15(12-14)18(17(21)22)10-5-11-19-18;/h2*1-4,6-9,12,19H,5,10-11H2,(H,21,22);/q;;+2/p-2/t2*18-;/m11./s1. The first kappa shape index (κ1) is 33.6. The van der Waals surface area contributed by atoms with Crippen molar-refractivity contribution in [2.75, 3.05) is 13.1 Å². The average Bonchev–Trinajstić information content (AvgIpc) is 3.78. The van der Waals surface area contributed by atoms with E-state index in [1.54, 1.807) is 97.1 Å². The second-order valence-electron chi connectivity index (χ2n) is 11.0. The number of aliphatic carboxylic acids is 2. The van der Waals surface area contributed by atoms with Gasteiger partial charge in [-0.1, -0.05) is 97.1 Å². The number of benzene rings is 4. The number of rotatable bonds is 8. The molecule has 0 bridgehead atoms. The summed E-state index contributed by atoms with van der Waals surface area (Å²) in [5.41, 5.74) is 0.914. The molecular formula is C36H32N2O6Zn. The first-order valence-electron chi connectivity index (χ1n) is 14.6. The maximum Gasteiger partial charge on any atom is 2.00 e. The zero-order chi connectivity index (χ0) is 31.2. The van der Waals surface area contributed by atoms with Crippen LogP contribution < -0.4 is 20.8 Å². The van der Waals surface area contributed by atoms with Gasteiger partial charge < -0.3 is 30.4 Å². The van der Waals surface area contributed by atoms with E-state index in [1.807, 2.05) is 12.1 Å². The fourth-order valence-electron chi connectivity index (χ4n) is 5.93. The van der Waals surface area contributed by atoms with Gasteiger partial charge in [0.2, 0.25) is 0 Å². The minimum absolute atomic E-state index is 0. The Morgan fingerprint density at radius 3 is 1.18 bits per heavy atom. The molecule has 45 heavy (non-hydrogen) atoms. The predicted octanol–water partition coefficient (Wildman–Crippen LogP) is 2.49. The Labute approximate surface area is 274 Å². The summed E-state index contributed by atoms with van der Waals surface area (Å²) < 4.78 is 0. The second kappa shape index (κ2) is 14.7. The number of carboxylic acids is 2. The van der Waals surface area contributed by atoms with Crippen molar-refractivity contribution in [2.45, 2.75) is 36.8 Å². The van der Waals surface area contributed by atoms with Crippen molar-refractivity contribution in [3.63, 3.8) is 0 Å². The van der Waals surface area contributed by atoms with Crippen LogP contribution in [0.25, 0.3) is 0 Å². The molecule has 2 saturated heterocycles. The summed E-state index contributed by atoms with van der Waals surface area (Å²) >= 11 is 0. The van der Waals surface area contributed by atoms with Crippen molar-refractivity contribution in [1.29, 1.82) is 0 Å². The van der Waals surface area contributed by atoms with Crippen LogP contribution >= 0.6 is 0 Å². The number of carbonyl (C=O) groups excluding carboxylic acids is 4. The molecule has 0 unspecified atom stereocenters. The van der Waals surface area contributed by atoms with E-state index < -0.39 is 23.0 Å². The Morgan fingerprint density at radius 2 is 0.867 bits per heavy atom. The molecule has 0 amide bonds. The summed E-state index contributed by atoms with van der Waals surface area (Å²) in [6, 6.07) is 31.5. The van der Waals surface area contributed by atoms with E-state index in [1.165, 1.54) is 0 Å². The normalized spacial score (nSPS) is 20.3. The van der Waals surface area contributed by atoms with Crippen LogP contribution in [-0.2, 0) is 40.1 Å². The van der Waals surface area contributed by atoms with Gasteiger partial charge in [-0.2, -0.15) is 0 Å². The van der Waals surface area contributed by atoms with Gasteiger partial charge >= 0.3 is 19.5 Å². The predicted molar refractivity (Wildman–Crippen MR) is 160 cm³/mol. The largest absolute Gasteiger partial charge is 2.00 e. The Hall–Kier alpha value is -4.30. The monoisotopic (exact) mass is 652 g/mol. The van der Waals surface area contributed by atoms with E-state index >= 15 is 0 Å². The average molecular weight is 654 g/mol. The number of ketones is 2. The summed E-state index contributed by atoms with van der Waals surface area (Å²) in [5.74, 6) is -2.52. The Balaban J connectivity index is 0.000000200. The molecule has 0 radical (unpaired) electrons. The molecule has 2 fully saturated rings. The molecule has 2 heterocycles. The number of hydrogen-bond acceptors (Lipinski definition) is 8. The summed E-state index contributed by atoms with van der Waals surface area (Å²) in [6.45, 7) is 1.26. The third kappa shape index (κ3) is 7.01. The maximum absolute atomic E-state index is 12.5.